The zero-order valence-electron chi connectivity index (χ0n) is 12.1. The average molecular weight is 287 g/mol. The number of hydrogen-bond donors (Lipinski definition) is 1. The summed E-state index contributed by atoms with van der Waals surface area (Å²) in [5, 5.41) is 3.65. The third kappa shape index (κ3) is 3.08. The van der Waals surface area contributed by atoms with Crippen LogP contribution in [0.5, 0.6) is 0 Å². The SMILES string of the molecule is CC1CCN(C(=O)CC2CC3CCC(C2)N3)C1C.Cl. The number of piperidine rings is 1. The summed E-state index contributed by atoms with van der Waals surface area (Å²) in [5.74, 6) is 1.73. The van der Waals surface area contributed by atoms with Gasteiger partial charge in [0.2, 0.25) is 5.91 Å². The van der Waals surface area contributed by atoms with Gasteiger partial charge in [-0.3, -0.25) is 4.79 Å². The lowest BCUT2D eigenvalue weighted by atomic mass is 9.89. The molecule has 0 aromatic heterocycles. The van der Waals surface area contributed by atoms with Gasteiger partial charge in [0.15, 0.2) is 0 Å². The molecule has 0 spiro atoms. The smallest absolute Gasteiger partial charge is 0.223 e. The summed E-state index contributed by atoms with van der Waals surface area (Å²) in [4.78, 5) is 14.5. The summed E-state index contributed by atoms with van der Waals surface area (Å²) in [6, 6.07) is 1.86. The van der Waals surface area contributed by atoms with Gasteiger partial charge in [0.1, 0.15) is 0 Å². The molecule has 3 aliphatic heterocycles. The normalized spacial score (nSPS) is 41.2. The first-order chi connectivity index (χ1) is 8.63. The Bertz CT molecular complexity index is 324. The highest BCUT2D eigenvalue weighted by Crippen LogP contribution is 2.34. The molecule has 4 unspecified atom stereocenters. The maximum absolute atomic E-state index is 12.4. The lowest BCUT2D eigenvalue weighted by Crippen LogP contribution is -2.41. The molecule has 3 nitrogen and oxygen atoms in total. The molecule has 0 radical (unpaired) electrons. The van der Waals surface area contributed by atoms with E-state index >= 15 is 0 Å². The molecule has 0 aromatic rings. The predicted octanol–water partition coefficient (Wildman–Crippen LogP) is 2.59. The largest absolute Gasteiger partial charge is 0.340 e. The van der Waals surface area contributed by atoms with E-state index in [-0.39, 0.29) is 12.4 Å². The minimum Gasteiger partial charge on any atom is -0.340 e. The van der Waals surface area contributed by atoms with Gasteiger partial charge in [-0.1, -0.05) is 6.92 Å². The van der Waals surface area contributed by atoms with Crippen LogP contribution in [0.2, 0.25) is 0 Å². The number of hydrogen-bond acceptors (Lipinski definition) is 2. The van der Waals surface area contributed by atoms with E-state index in [2.05, 4.69) is 24.1 Å². The van der Waals surface area contributed by atoms with Crippen molar-refractivity contribution < 1.29 is 4.79 Å². The molecule has 110 valence electrons. The van der Waals surface area contributed by atoms with Gasteiger partial charge in [-0.2, -0.15) is 0 Å². The van der Waals surface area contributed by atoms with Crippen LogP contribution in [0.1, 0.15) is 52.4 Å². The van der Waals surface area contributed by atoms with Crippen LogP contribution in [-0.2, 0) is 4.79 Å². The minimum absolute atomic E-state index is 0. The molecule has 1 N–H and O–H groups in total. The van der Waals surface area contributed by atoms with Gasteiger partial charge in [0.05, 0.1) is 0 Å². The number of likely N-dealkylation sites (tertiary alicyclic amines) is 1. The van der Waals surface area contributed by atoms with Crippen LogP contribution in [0, 0.1) is 11.8 Å². The van der Waals surface area contributed by atoms with Gasteiger partial charge in [0, 0.05) is 31.1 Å². The Hall–Kier alpha value is -0.280. The molecule has 3 saturated heterocycles. The van der Waals surface area contributed by atoms with E-state index in [4.69, 9.17) is 0 Å². The van der Waals surface area contributed by atoms with E-state index < -0.39 is 0 Å². The van der Waals surface area contributed by atoms with Crippen molar-refractivity contribution >= 4 is 18.3 Å². The van der Waals surface area contributed by atoms with Crippen LogP contribution >= 0.6 is 12.4 Å². The average Bonchev–Trinajstić information content (AvgIpc) is 2.84. The fraction of sp³-hybridized carbons (Fsp3) is 0.933. The highest BCUT2D eigenvalue weighted by Gasteiger charge is 2.36. The van der Waals surface area contributed by atoms with Crippen molar-refractivity contribution in [2.24, 2.45) is 11.8 Å². The van der Waals surface area contributed by atoms with Crippen molar-refractivity contribution in [2.75, 3.05) is 6.54 Å². The zero-order valence-corrected chi connectivity index (χ0v) is 12.9. The number of nitrogens with zero attached hydrogens (tertiary/aromatic N) is 1. The predicted molar refractivity (Wildman–Crippen MR) is 79.5 cm³/mol. The van der Waals surface area contributed by atoms with Crippen molar-refractivity contribution in [3.63, 3.8) is 0 Å². The highest BCUT2D eigenvalue weighted by molar-refractivity contribution is 5.85. The third-order valence-electron chi connectivity index (χ3n) is 5.49. The van der Waals surface area contributed by atoms with Crippen LogP contribution in [0.25, 0.3) is 0 Å². The highest BCUT2D eigenvalue weighted by atomic mass is 35.5. The van der Waals surface area contributed by atoms with E-state index in [1.807, 2.05) is 0 Å². The number of amides is 1. The molecule has 3 rings (SSSR count). The maximum atomic E-state index is 12.4. The second-order valence-electron chi connectivity index (χ2n) is 6.77. The molecule has 2 bridgehead atoms. The summed E-state index contributed by atoms with van der Waals surface area (Å²) in [7, 11) is 0. The van der Waals surface area contributed by atoms with Gasteiger partial charge >= 0.3 is 0 Å². The summed E-state index contributed by atoms with van der Waals surface area (Å²) < 4.78 is 0. The van der Waals surface area contributed by atoms with E-state index in [0.29, 0.717) is 35.9 Å². The fourth-order valence-electron chi connectivity index (χ4n) is 4.15. The molecular formula is C15H27ClN2O. The van der Waals surface area contributed by atoms with E-state index in [1.165, 1.54) is 32.1 Å². The topological polar surface area (TPSA) is 32.3 Å². The monoisotopic (exact) mass is 286 g/mol. The number of carbonyl (C=O) groups is 1. The molecule has 3 aliphatic rings. The van der Waals surface area contributed by atoms with Crippen LogP contribution in [0.15, 0.2) is 0 Å². The molecule has 3 fully saturated rings. The molecular weight excluding hydrogens is 260 g/mol. The lowest BCUT2D eigenvalue weighted by Gasteiger charge is -2.31. The fourth-order valence-corrected chi connectivity index (χ4v) is 4.15. The quantitative estimate of drug-likeness (QED) is 0.846. The maximum Gasteiger partial charge on any atom is 0.223 e. The van der Waals surface area contributed by atoms with E-state index in [9.17, 15) is 4.79 Å². The second kappa shape index (κ2) is 6.01. The van der Waals surface area contributed by atoms with E-state index in [0.717, 1.165) is 13.0 Å². The Morgan fingerprint density at radius 2 is 1.79 bits per heavy atom. The molecule has 0 aliphatic carbocycles. The second-order valence-corrected chi connectivity index (χ2v) is 6.77. The molecule has 0 saturated carbocycles. The van der Waals surface area contributed by atoms with Crippen molar-refractivity contribution in [2.45, 2.75) is 70.5 Å². The van der Waals surface area contributed by atoms with Crippen LogP contribution in [0.4, 0.5) is 0 Å². The summed E-state index contributed by atoms with van der Waals surface area (Å²) >= 11 is 0. The van der Waals surface area contributed by atoms with Gasteiger partial charge in [0.25, 0.3) is 0 Å². The Labute approximate surface area is 122 Å². The Kier molecular flexibility index (Phi) is 4.78. The Morgan fingerprint density at radius 1 is 1.16 bits per heavy atom. The zero-order chi connectivity index (χ0) is 12.7. The van der Waals surface area contributed by atoms with E-state index in [1.54, 1.807) is 0 Å². The summed E-state index contributed by atoms with van der Waals surface area (Å²) in [6.45, 7) is 5.46. The standard InChI is InChI=1S/C15H26N2O.ClH/c1-10-5-6-17(11(10)2)15(18)9-12-7-13-3-4-14(8-12)16-13;/h10-14,16H,3-9H2,1-2H3;1H. The van der Waals surface area contributed by atoms with Gasteiger partial charge in [-0.05, 0) is 50.9 Å². The van der Waals surface area contributed by atoms with Crippen molar-refractivity contribution in [3.8, 4) is 0 Å². The summed E-state index contributed by atoms with van der Waals surface area (Å²) in [6.07, 6.45) is 7.08. The van der Waals surface area contributed by atoms with Gasteiger partial charge in [-0.25, -0.2) is 0 Å². The molecule has 4 atom stereocenters. The molecule has 3 heterocycles. The first-order valence-corrected chi connectivity index (χ1v) is 7.69. The first-order valence-electron chi connectivity index (χ1n) is 7.69. The van der Waals surface area contributed by atoms with Gasteiger partial charge in [-0.15, -0.1) is 12.4 Å². The Balaban J connectivity index is 0.00000133. The number of halogens is 1. The van der Waals surface area contributed by atoms with Crippen LogP contribution in [-0.4, -0.2) is 35.5 Å². The van der Waals surface area contributed by atoms with Crippen LogP contribution in [0.3, 0.4) is 0 Å². The lowest BCUT2D eigenvalue weighted by molar-refractivity contribution is -0.133. The van der Waals surface area contributed by atoms with Crippen molar-refractivity contribution in [3.05, 3.63) is 0 Å². The molecule has 0 aromatic carbocycles. The van der Waals surface area contributed by atoms with Gasteiger partial charge < -0.3 is 10.2 Å². The number of nitrogens with one attached hydrogen (secondary N) is 1. The third-order valence-corrected chi connectivity index (χ3v) is 5.49. The van der Waals surface area contributed by atoms with Crippen molar-refractivity contribution in [1.29, 1.82) is 0 Å². The molecule has 4 heteroatoms. The van der Waals surface area contributed by atoms with Crippen molar-refractivity contribution in [1.82, 2.24) is 10.2 Å². The Morgan fingerprint density at radius 3 is 2.32 bits per heavy atom. The first kappa shape index (κ1) is 15.1. The molecule has 1 amide bonds. The number of rotatable bonds is 2. The molecule has 19 heavy (non-hydrogen) atoms. The number of fused-ring (bicyclic) bond motifs is 2. The summed E-state index contributed by atoms with van der Waals surface area (Å²) in [5.41, 5.74) is 0. The minimum atomic E-state index is 0. The number of carbonyl (C=O) groups excluding carboxylic acids is 1. The van der Waals surface area contributed by atoms with Crippen LogP contribution < -0.4 is 5.32 Å².